The number of fused-ring (bicyclic) bond motifs is 1. The van der Waals surface area contributed by atoms with Crippen LogP contribution in [0.15, 0.2) is 66.7 Å². The highest BCUT2D eigenvalue weighted by atomic mass is 16.6. The molecule has 0 saturated heterocycles. The Hall–Kier alpha value is -4.93. The molecule has 4 rings (SSSR count). The Kier molecular flexibility index (Phi) is 5.36. The van der Waals surface area contributed by atoms with E-state index in [0.29, 0.717) is 10.5 Å². The maximum atomic E-state index is 13.0. The van der Waals surface area contributed by atoms with E-state index in [-0.39, 0.29) is 34.7 Å². The van der Waals surface area contributed by atoms with Gasteiger partial charge in [0.2, 0.25) is 0 Å². The van der Waals surface area contributed by atoms with Crippen LogP contribution >= 0.6 is 0 Å². The summed E-state index contributed by atoms with van der Waals surface area (Å²) in [4.78, 5) is 60.1. The molecule has 0 radical (unpaired) electrons. The van der Waals surface area contributed by atoms with Crippen LogP contribution < -0.4 is 4.90 Å². The SMILES string of the molecule is O=C(OCc1ccc([N+](=O)[O-])cc1)c1ccccc1N1C(=O)c2cccc([N+](=O)[O-])c2C1=O. The van der Waals surface area contributed by atoms with Gasteiger partial charge in [-0.15, -0.1) is 0 Å². The van der Waals surface area contributed by atoms with E-state index in [0.717, 1.165) is 6.07 Å². The molecule has 3 aromatic carbocycles. The number of non-ortho nitro benzene ring substituents is 1. The van der Waals surface area contributed by atoms with Crippen molar-refractivity contribution in [3.05, 3.63) is 109 Å². The van der Waals surface area contributed by atoms with Crippen LogP contribution in [0.5, 0.6) is 0 Å². The van der Waals surface area contributed by atoms with Gasteiger partial charge in [0.05, 0.1) is 26.7 Å². The maximum absolute atomic E-state index is 13.0. The Morgan fingerprint density at radius 1 is 0.848 bits per heavy atom. The number of hydrogen-bond acceptors (Lipinski definition) is 8. The van der Waals surface area contributed by atoms with Crippen molar-refractivity contribution in [3.8, 4) is 0 Å². The Balaban J connectivity index is 1.61. The van der Waals surface area contributed by atoms with E-state index in [1.165, 1.54) is 60.7 Å². The fraction of sp³-hybridized carbons (Fsp3) is 0.0455. The van der Waals surface area contributed by atoms with E-state index >= 15 is 0 Å². The van der Waals surface area contributed by atoms with Gasteiger partial charge in [0.1, 0.15) is 12.2 Å². The van der Waals surface area contributed by atoms with Crippen molar-refractivity contribution in [1.82, 2.24) is 0 Å². The summed E-state index contributed by atoms with van der Waals surface area (Å²) in [5.41, 5.74) is -0.794. The number of carbonyl (C=O) groups is 3. The van der Waals surface area contributed by atoms with Gasteiger partial charge in [-0.25, -0.2) is 9.69 Å². The molecule has 0 fully saturated rings. The number of nitro benzene ring substituents is 2. The van der Waals surface area contributed by atoms with Gasteiger partial charge in [0.25, 0.3) is 23.2 Å². The molecule has 1 heterocycles. The smallest absolute Gasteiger partial charge is 0.340 e. The maximum Gasteiger partial charge on any atom is 0.340 e. The standard InChI is InChI=1S/C22H13N3O8/c26-20-16-5-3-7-18(25(31)32)19(16)21(27)23(20)17-6-2-1-4-15(17)22(28)33-12-13-8-10-14(11-9-13)24(29)30/h1-11H,12H2. The molecule has 164 valence electrons. The summed E-state index contributed by atoms with van der Waals surface area (Å²) in [6.45, 7) is -0.210. The first kappa shape index (κ1) is 21.3. The average Bonchev–Trinajstić information content (AvgIpc) is 3.07. The molecule has 0 unspecified atom stereocenters. The molecule has 0 bridgehead atoms. The van der Waals surface area contributed by atoms with E-state index in [4.69, 9.17) is 4.74 Å². The van der Waals surface area contributed by atoms with Crippen molar-refractivity contribution in [2.75, 3.05) is 4.90 Å². The van der Waals surface area contributed by atoms with Crippen LogP contribution in [0.1, 0.15) is 36.6 Å². The van der Waals surface area contributed by atoms with Gasteiger partial charge in [0, 0.05) is 18.2 Å². The lowest BCUT2D eigenvalue weighted by molar-refractivity contribution is -0.385. The highest BCUT2D eigenvalue weighted by Gasteiger charge is 2.43. The average molecular weight is 447 g/mol. The number of carbonyl (C=O) groups excluding carboxylic acids is 3. The number of anilines is 1. The predicted molar refractivity (Wildman–Crippen MR) is 113 cm³/mol. The zero-order valence-corrected chi connectivity index (χ0v) is 16.7. The Morgan fingerprint density at radius 2 is 1.55 bits per heavy atom. The van der Waals surface area contributed by atoms with Gasteiger partial charge in [-0.2, -0.15) is 0 Å². The molecule has 1 aliphatic heterocycles. The van der Waals surface area contributed by atoms with Gasteiger partial charge in [0.15, 0.2) is 0 Å². The predicted octanol–water partition coefficient (Wildman–Crippen LogP) is 3.66. The van der Waals surface area contributed by atoms with Gasteiger partial charge in [-0.3, -0.25) is 29.8 Å². The summed E-state index contributed by atoms with van der Waals surface area (Å²) in [6, 6.07) is 14.8. The molecule has 0 aromatic heterocycles. The molecule has 0 atom stereocenters. The van der Waals surface area contributed by atoms with E-state index in [1.54, 1.807) is 0 Å². The van der Waals surface area contributed by atoms with Crippen LogP contribution in [-0.4, -0.2) is 27.6 Å². The summed E-state index contributed by atoms with van der Waals surface area (Å²) in [5.74, 6) is -2.57. The second kappa shape index (κ2) is 8.30. The van der Waals surface area contributed by atoms with E-state index in [9.17, 15) is 34.6 Å². The lowest BCUT2D eigenvalue weighted by Gasteiger charge is -2.17. The monoisotopic (exact) mass is 447 g/mol. The summed E-state index contributed by atoms with van der Waals surface area (Å²) in [7, 11) is 0. The third kappa shape index (κ3) is 3.78. The number of hydrogen-bond donors (Lipinski definition) is 0. The van der Waals surface area contributed by atoms with Crippen LogP contribution in [0.2, 0.25) is 0 Å². The van der Waals surface area contributed by atoms with Gasteiger partial charge in [-0.05, 0) is 35.9 Å². The number of esters is 1. The Labute approximate surface area is 185 Å². The first-order valence-electron chi connectivity index (χ1n) is 9.45. The molecule has 11 heteroatoms. The third-order valence-electron chi connectivity index (χ3n) is 4.97. The summed E-state index contributed by atoms with van der Waals surface area (Å²) in [6.07, 6.45) is 0. The fourth-order valence-electron chi connectivity index (χ4n) is 3.42. The van der Waals surface area contributed by atoms with Crippen LogP contribution in [0.3, 0.4) is 0 Å². The van der Waals surface area contributed by atoms with Crippen molar-refractivity contribution in [2.45, 2.75) is 6.61 Å². The number of ether oxygens (including phenoxy) is 1. The fourth-order valence-corrected chi connectivity index (χ4v) is 3.42. The molecule has 3 aromatic rings. The highest BCUT2D eigenvalue weighted by Crippen LogP contribution is 2.35. The second-order valence-electron chi connectivity index (χ2n) is 6.92. The van der Waals surface area contributed by atoms with Crippen molar-refractivity contribution in [1.29, 1.82) is 0 Å². The Morgan fingerprint density at radius 3 is 2.21 bits per heavy atom. The van der Waals surface area contributed by atoms with E-state index in [1.807, 2.05) is 0 Å². The van der Waals surface area contributed by atoms with Crippen LogP contribution in [0, 0.1) is 20.2 Å². The number of imide groups is 1. The highest BCUT2D eigenvalue weighted by molar-refractivity contribution is 6.36. The summed E-state index contributed by atoms with van der Waals surface area (Å²) in [5, 5.41) is 22.1. The Bertz CT molecular complexity index is 1330. The van der Waals surface area contributed by atoms with Crippen LogP contribution in [0.25, 0.3) is 0 Å². The van der Waals surface area contributed by atoms with Gasteiger partial charge in [-0.1, -0.05) is 18.2 Å². The first-order valence-corrected chi connectivity index (χ1v) is 9.45. The molecular formula is C22H13N3O8. The lowest BCUT2D eigenvalue weighted by Crippen LogP contribution is -2.31. The quantitative estimate of drug-likeness (QED) is 0.240. The van der Waals surface area contributed by atoms with Crippen LogP contribution in [-0.2, 0) is 11.3 Å². The number of benzene rings is 3. The van der Waals surface area contributed by atoms with Crippen molar-refractivity contribution < 1.29 is 29.0 Å². The van der Waals surface area contributed by atoms with Crippen molar-refractivity contribution >= 4 is 34.8 Å². The normalized spacial score (nSPS) is 12.4. The van der Waals surface area contributed by atoms with Gasteiger partial charge < -0.3 is 4.74 Å². The zero-order valence-electron chi connectivity index (χ0n) is 16.7. The minimum absolute atomic E-state index is 0.0771. The van der Waals surface area contributed by atoms with E-state index < -0.39 is 33.3 Å². The number of rotatable bonds is 6. The van der Waals surface area contributed by atoms with E-state index in [2.05, 4.69) is 0 Å². The summed E-state index contributed by atoms with van der Waals surface area (Å²) < 4.78 is 5.26. The first-order chi connectivity index (χ1) is 15.8. The zero-order chi connectivity index (χ0) is 23.7. The second-order valence-corrected chi connectivity index (χ2v) is 6.92. The molecule has 0 aliphatic carbocycles. The number of nitrogens with zero attached hydrogens (tertiary/aromatic N) is 3. The van der Waals surface area contributed by atoms with Crippen molar-refractivity contribution in [3.63, 3.8) is 0 Å². The minimum atomic E-state index is -0.919. The van der Waals surface area contributed by atoms with Crippen molar-refractivity contribution in [2.24, 2.45) is 0 Å². The molecule has 11 nitrogen and oxygen atoms in total. The largest absolute Gasteiger partial charge is 0.457 e. The van der Waals surface area contributed by atoms with Crippen LogP contribution in [0.4, 0.5) is 17.1 Å². The molecular weight excluding hydrogens is 434 g/mol. The molecule has 2 amide bonds. The van der Waals surface area contributed by atoms with Gasteiger partial charge >= 0.3 is 5.97 Å². The summed E-state index contributed by atoms with van der Waals surface area (Å²) >= 11 is 0. The minimum Gasteiger partial charge on any atom is -0.457 e. The number of amides is 2. The third-order valence-corrected chi connectivity index (χ3v) is 4.97. The molecule has 33 heavy (non-hydrogen) atoms. The topological polar surface area (TPSA) is 150 Å². The molecule has 1 aliphatic rings. The molecule has 0 N–H and O–H groups in total. The number of para-hydroxylation sites is 1. The lowest BCUT2D eigenvalue weighted by atomic mass is 10.1. The molecule has 0 spiro atoms. The number of nitro groups is 2. The molecule has 0 saturated carbocycles.